The van der Waals surface area contributed by atoms with E-state index in [4.69, 9.17) is 5.73 Å². The van der Waals surface area contributed by atoms with Crippen molar-refractivity contribution in [2.24, 2.45) is 5.92 Å². The smallest absolute Gasteiger partial charge is 0.242 e. The van der Waals surface area contributed by atoms with E-state index in [1.54, 1.807) is 0 Å². The number of rotatable bonds is 4. The highest BCUT2D eigenvalue weighted by Crippen LogP contribution is 2.28. The van der Waals surface area contributed by atoms with Crippen molar-refractivity contribution < 1.29 is 12.8 Å². The number of nitrogens with two attached hydrogens (primary N) is 1. The average Bonchev–Trinajstić information content (AvgIpc) is 2.42. The largest absolute Gasteiger partial charge is 0.395 e. The van der Waals surface area contributed by atoms with Gasteiger partial charge < -0.3 is 5.73 Å². The highest BCUT2D eigenvalue weighted by molar-refractivity contribution is 7.89. The second-order valence-corrected chi connectivity index (χ2v) is 7.14. The number of hydrogen-bond acceptors (Lipinski definition) is 3. The van der Waals surface area contributed by atoms with Crippen LogP contribution < -0.4 is 10.5 Å². The van der Waals surface area contributed by atoms with Gasteiger partial charge in [0.15, 0.2) is 0 Å². The summed E-state index contributed by atoms with van der Waals surface area (Å²) in [6, 6.07) is 3.67. The summed E-state index contributed by atoms with van der Waals surface area (Å²) in [5, 5.41) is 0. The molecular formula is C14H21FN2O2S. The third-order valence-corrected chi connectivity index (χ3v) is 5.62. The average molecular weight is 300 g/mol. The summed E-state index contributed by atoms with van der Waals surface area (Å²) in [7, 11) is -3.78. The lowest BCUT2D eigenvalue weighted by Gasteiger charge is -2.28. The molecule has 2 rings (SSSR count). The zero-order chi connectivity index (χ0) is 14.8. The van der Waals surface area contributed by atoms with E-state index in [0.717, 1.165) is 31.7 Å². The molecule has 1 atom stereocenters. The topological polar surface area (TPSA) is 72.2 Å². The predicted octanol–water partition coefficient (Wildman–Crippen LogP) is 2.66. The molecule has 0 amide bonds. The summed E-state index contributed by atoms with van der Waals surface area (Å²) < 4.78 is 40.6. The van der Waals surface area contributed by atoms with Crippen LogP contribution in [0, 0.1) is 11.7 Å². The molecule has 1 aromatic rings. The lowest BCUT2D eigenvalue weighted by molar-refractivity contribution is 0.303. The summed E-state index contributed by atoms with van der Waals surface area (Å²) in [6.07, 6.45) is 5.55. The van der Waals surface area contributed by atoms with E-state index in [1.807, 2.05) is 6.92 Å². The number of halogens is 1. The Bertz CT molecular complexity index is 569. The van der Waals surface area contributed by atoms with E-state index in [1.165, 1.54) is 18.6 Å². The highest BCUT2D eigenvalue weighted by Gasteiger charge is 2.26. The number of sulfonamides is 1. The molecule has 0 bridgehead atoms. The van der Waals surface area contributed by atoms with Gasteiger partial charge in [-0.25, -0.2) is 17.5 Å². The van der Waals surface area contributed by atoms with Gasteiger partial charge in [0.25, 0.3) is 0 Å². The first-order valence-corrected chi connectivity index (χ1v) is 8.46. The van der Waals surface area contributed by atoms with E-state index in [-0.39, 0.29) is 16.6 Å². The number of nitrogens with one attached hydrogen (secondary N) is 1. The molecular weight excluding hydrogens is 279 g/mol. The summed E-state index contributed by atoms with van der Waals surface area (Å²) in [5.74, 6) is -0.369. The first kappa shape index (κ1) is 15.3. The number of hydrogen-bond donors (Lipinski definition) is 2. The van der Waals surface area contributed by atoms with Crippen molar-refractivity contribution in [2.45, 2.75) is 50.0 Å². The van der Waals surface area contributed by atoms with Crippen LogP contribution in [0.5, 0.6) is 0 Å². The third-order valence-electron chi connectivity index (χ3n) is 4.00. The molecule has 1 unspecified atom stereocenters. The Kier molecular flexibility index (Phi) is 4.65. The SMILES string of the molecule is CC(NS(=O)(=O)c1cccc(F)c1N)C1CCCCC1. The summed E-state index contributed by atoms with van der Waals surface area (Å²) in [4.78, 5) is -0.180. The van der Waals surface area contributed by atoms with Crippen molar-refractivity contribution in [3.63, 3.8) is 0 Å². The van der Waals surface area contributed by atoms with E-state index >= 15 is 0 Å². The Morgan fingerprint density at radius 3 is 2.60 bits per heavy atom. The molecule has 20 heavy (non-hydrogen) atoms. The molecule has 4 nitrogen and oxygen atoms in total. The van der Waals surface area contributed by atoms with E-state index in [9.17, 15) is 12.8 Å². The van der Waals surface area contributed by atoms with E-state index < -0.39 is 15.8 Å². The monoisotopic (exact) mass is 300 g/mol. The maximum Gasteiger partial charge on any atom is 0.242 e. The summed E-state index contributed by atoms with van der Waals surface area (Å²) in [6.45, 7) is 1.86. The molecule has 0 aromatic heterocycles. The Morgan fingerprint density at radius 2 is 1.95 bits per heavy atom. The molecule has 1 fully saturated rings. The van der Waals surface area contributed by atoms with Gasteiger partial charge in [0, 0.05) is 6.04 Å². The van der Waals surface area contributed by atoms with Crippen molar-refractivity contribution >= 4 is 15.7 Å². The van der Waals surface area contributed by atoms with Gasteiger partial charge in [-0.15, -0.1) is 0 Å². The van der Waals surface area contributed by atoms with Crippen LogP contribution in [0.2, 0.25) is 0 Å². The lowest BCUT2D eigenvalue weighted by Crippen LogP contribution is -2.39. The molecule has 112 valence electrons. The van der Waals surface area contributed by atoms with Crippen molar-refractivity contribution in [3.05, 3.63) is 24.0 Å². The van der Waals surface area contributed by atoms with Gasteiger partial charge in [-0.05, 0) is 37.8 Å². The molecule has 1 aromatic carbocycles. The molecule has 3 N–H and O–H groups in total. The number of nitrogen functional groups attached to an aromatic ring is 1. The first-order valence-electron chi connectivity index (χ1n) is 6.98. The van der Waals surface area contributed by atoms with Crippen LogP contribution in [0.4, 0.5) is 10.1 Å². The molecule has 1 saturated carbocycles. The molecule has 0 spiro atoms. The van der Waals surface area contributed by atoms with Gasteiger partial charge >= 0.3 is 0 Å². The quantitative estimate of drug-likeness (QED) is 0.840. The molecule has 0 heterocycles. The van der Waals surface area contributed by atoms with Crippen molar-refractivity contribution in [3.8, 4) is 0 Å². The molecule has 1 aliphatic rings. The van der Waals surface area contributed by atoms with Crippen molar-refractivity contribution in [1.29, 1.82) is 0 Å². The van der Waals surface area contributed by atoms with Crippen LogP contribution in [0.3, 0.4) is 0 Å². The number of para-hydroxylation sites is 1. The minimum Gasteiger partial charge on any atom is -0.395 e. The number of anilines is 1. The van der Waals surface area contributed by atoms with Crippen LogP contribution in [0.25, 0.3) is 0 Å². The van der Waals surface area contributed by atoms with E-state index in [0.29, 0.717) is 5.92 Å². The van der Waals surface area contributed by atoms with Gasteiger partial charge in [0.05, 0.1) is 5.69 Å². The maximum absolute atomic E-state index is 13.4. The van der Waals surface area contributed by atoms with Gasteiger partial charge in [0.1, 0.15) is 10.7 Å². The first-order chi connectivity index (χ1) is 9.42. The molecule has 0 saturated heterocycles. The molecule has 0 radical (unpaired) electrons. The summed E-state index contributed by atoms with van der Waals surface area (Å²) in [5.41, 5.74) is 5.21. The van der Waals surface area contributed by atoms with Crippen molar-refractivity contribution in [1.82, 2.24) is 4.72 Å². The maximum atomic E-state index is 13.4. The van der Waals surface area contributed by atoms with Gasteiger partial charge in [0.2, 0.25) is 10.0 Å². The van der Waals surface area contributed by atoms with Crippen LogP contribution >= 0.6 is 0 Å². The molecule has 6 heteroatoms. The molecule has 0 aliphatic heterocycles. The van der Waals surface area contributed by atoms with Crippen molar-refractivity contribution in [2.75, 3.05) is 5.73 Å². The fraction of sp³-hybridized carbons (Fsp3) is 0.571. The Morgan fingerprint density at radius 1 is 1.30 bits per heavy atom. The second kappa shape index (κ2) is 6.10. The highest BCUT2D eigenvalue weighted by atomic mass is 32.2. The Hall–Kier alpha value is -1.14. The fourth-order valence-electron chi connectivity index (χ4n) is 2.79. The second-order valence-electron chi connectivity index (χ2n) is 5.46. The lowest BCUT2D eigenvalue weighted by atomic mass is 9.85. The Labute approximate surface area is 119 Å². The van der Waals surface area contributed by atoms with Crippen LogP contribution in [-0.2, 0) is 10.0 Å². The van der Waals surface area contributed by atoms with Gasteiger partial charge in [-0.1, -0.05) is 25.3 Å². The van der Waals surface area contributed by atoms with E-state index in [2.05, 4.69) is 4.72 Å². The standard InChI is InChI=1S/C14H21FN2O2S/c1-10(11-6-3-2-4-7-11)17-20(18,19)13-9-5-8-12(15)14(13)16/h5,8-11,17H,2-4,6-7,16H2,1H3. The zero-order valence-electron chi connectivity index (χ0n) is 11.6. The van der Waals surface area contributed by atoms with Crippen LogP contribution in [0.15, 0.2) is 23.1 Å². The number of benzene rings is 1. The van der Waals surface area contributed by atoms with Crippen LogP contribution in [-0.4, -0.2) is 14.5 Å². The van der Waals surface area contributed by atoms with Crippen LogP contribution in [0.1, 0.15) is 39.0 Å². The summed E-state index contributed by atoms with van der Waals surface area (Å²) >= 11 is 0. The van der Waals surface area contributed by atoms with Gasteiger partial charge in [-0.2, -0.15) is 0 Å². The minimum atomic E-state index is -3.78. The normalized spacial score (nSPS) is 18.9. The van der Waals surface area contributed by atoms with Gasteiger partial charge in [-0.3, -0.25) is 0 Å². The zero-order valence-corrected chi connectivity index (χ0v) is 12.4. The minimum absolute atomic E-state index is 0.164. The molecule has 1 aliphatic carbocycles. The Balaban J connectivity index is 2.16. The third kappa shape index (κ3) is 3.30. The fourth-order valence-corrected chi connectivity index (χ4v) is 4.24. The predicted molar refractivity (Wildman–Crippen MR) is 77.2 cm³/mol.